The Bertz CT molecular complexity index is 1050. The number of nitrogens with zero attached hydrogens (tertiary/aromatic N) is 3. The molecule has 0 radical (unpaired) electrons. The summed E-state index contributed by atoms with van der Waals surface area (Å²) in [6.07, 6.45) is 0.342. The Hall–Kier alpha value is -3.06. The number of benzene rings is 2. The number of carbonyl (C=O) groups excluding carboxylic acids is 3. The molecule has 0 spiro atoms. The van der Waals surface area contributed by atoms with Crippen LogP contribution in [0.25, 0.3) is 10.2 Å². The average Bonchev–Trinajstić information content (AvgIpc) is 3.30. The van der Waals surface area contributed by atoms with Gasteiger partial charge in [-0.3, -0.25) is 24.2 Å². The number of aryl methyl sites for hydroxylation is 2. The number of imide groups is 1. The van der Waals surface area contributed by atoms with E-state index in [1.165, 1.54) is 11.3 Å². The van der Waals surface area contributed by atoms with Gasteiger partial charge in [0.2, 0.25) is 17.7 Å². The SMILES string of the molecule is Cc1ccc(C)c2sc(N(Cc3ccccc3)C(=O)CN3C(=O)CCC3=O)nc12. The molecule has 148 valence electrons. The molecule has 0 saturated carbocycles. The molecule has 6 nitrogen and oxygen atoms in total. The van der Waals surface area contributed by atoms with E-state index < -0.39 is 0 Å². The molecule has 0 N–H and O–H groups in total. The van der Waals surface area contributed by atoms with E-state index in [4.69, 9.17) is 4.98 Å². The smallest absolute Gasteiger partial charge is 0.249 e. The molecule has 4 rings (SSSR count). The Labute approximate surface area is 172 Å². The molecule has 0 aliphatic carbocycles. The van der Waals surface area contributed by atoms with Crippen molar-refractivity contribution in [3.8, 4) is 0 Å². The van der Waals surface area contributed by atoms with Crippen molar-refractivity contribution in [2.45, 2.75) is 33.2 Å². The van der Waals surface area contributed by atoms with Gasteiger partial charge < -0.3 is 0 Å². The molecule has 2 heterocycles. The number of carbonyl (C=O) groups is 3. The molecule has 29 heavy (non-hydrogen) atoms. The summed E-state index contributed by atoms with van der Waals surface area (Å²) in [6.45, 7) is 4.09. The lowest BCUT2D eigenvalue weighted by Gasteiger charge is -2.22. The number of anilines is 1. The van der Waals surface area contributed by atoms with Gasteiger partial charge in [0.25, 0.3) is 0 Å². The summed E-state index contributed by atoms with van der Waals surface area (Å²) in [5.74, 6) is -0.898. The minimum Gasteiger partial charge on any atom is -0.282 e. The fraction of sp³-hybridized carbons (Fsp3) is 0.273. The number of hydrogen-bond donors (Lipinski definition) is 0. The molecular weight excluding hydrogens is 386 g/mol. The van der Waals surface area contributed by atoms with Crippen LogP contribution < -0.4 is 4.90 Å². The third kappa shape index (κ3) is 3.78. The van der Waals surface area contributed by atoms with E-state index in [9.17, 15) is 14.4 Å². The molecule has 1 aromatic heterocycles. The largest absolute Gasteiger partial charge is 0.282 e. The van der Waals surface area contributed by atoms with Crippen LogP contribution in [0.2, 0.25) is 0 Å². The second kappa shape index (κ2) is 7.75. The minimum atomic E-state index is -0.313. The summed E-state index contributed by atoms with van der Waals surface area (Å²) >= 11 is 1.46. The summed E-state index contributed by atoms with van der Waals surface area (Å²) < 4.78 is 1.04. The first-order valence-electron chi connectivity index (χ1n) is 9.48. The van der Waals surface area contributed by atoms with Crippen molar-refractivity contribution in [1.82, 2.24) is 9.88 Å². The van der Waals surface area contributed by atoms with E-state index in [2.05, 4.69) is 0 Å². The maximum absolute atomic E-state index is 13.2. The van der Waals surface area contributed by atoms with Gasteiger partial charge in [-0.15, -0.1) is 0 Å². The number of rotatable bonds is 5. The molecule has 1 fully saturated rings. The normalized spacial score (nSPS) is 14.1. The van der Waals surface area contributed by atoms with Gasteiger partial charge in [0.15, 0.2) is 5.13 Å². The summed E-state index contributed by atoms with van der Waals surface area (Å²) in [7, 11) is 0. The molecule has 1 saturated heterocycles. The average molecular weight is 407 g/mol. The molecule has 0 unspecified atom stereocenters. The summed E-state index contributed by atoms with van der Waals surface area (Å²) in [4.78, 5) is 44.5. The zero-order valence-corrected chi connectivity index (χ0v) is 17.2. The number of likely N-dealkylation sites (tertiary alicyclic amines) is 1. The Morgan fingerprint density at radius 3 is 2.34 bits per heavy atom. The Kier molecular flexibility index (Phi) is 5.15. The second-order valence-corrected chi connectivity index (χ2v) is 8.19. The van der Waals surface area contributed by atoms with Crippen molar-refractivity contribution in [3.05, 3.63) is 59.2 Å². The van der Waals surface area contributed by atoms with Gasteiger partial charge in [0.1, 0.15) is 6.54 Å². The van der Waals surface area contributed by atoms with E-state index in [1.54, 1.807) is 4.90 Å². The summed E-state index contributed by atoms with van der Waals surface area (Å²) in [5.41, 5.74) is 3.98. The Morgan fingerprint density at radius 1 is 1.03 bits per heavy atom. The van der Waals surface area contributed by atoms with E-state index in [1.807, 2.05) is 56.3 Å². The van der Waals surface area contributed by atoms with Crippen LogP contribution in [0.4, 0.5) is 5.13 Å². The fourth-order valence-electron chi connectivity index (χ4n) is 3.41. The van der Waals surface area contributed by atoms with Gasteiger partial charge in [-0.1, -0.05) is 53.8 Å². The van der Waals surface area contributed by atoms with Crippen LogP contribution >= 0.6 is 11.3 Å². The van der Waals surface area contributed by atoms with Crippen molar-refractivity contribution in [3.63, 3.8) is 0 Å². The highest BCUT2D eigenvalue weighted by Crippen LogP contribution is 2.34. The van der Waals surface area contributed by atoms with Gasteiger partial charge in [-0.05, 0) is 30.5 Å². The first-order chi connectivity index (χ1) is 13.9. The Balaban J connectivity index is 1.71. The van der Waals surface area contributed by atoms with Crippen LogP contribution in [0.15, 0.2) is 42.5 Å². The topological polar surface area (TPSA) is 70.6 Å². The number of amides is 3. The summed E-state index contributed by atoms with van der Waals surface area (Å²) in [6, 6.07) is 13.7. The van der Waals surface area contributed by atoms with Crippen LogP contribution in [0.5, 0.6) is 0 Å². The first kappa shape index (κ1) is 19.3. The molecule has 2 aromatic carbocycles. The molecule has 1 aliphatic heterocycles. The highest BCUT2D eigenvalue weighted by molar-refractivity contribution is 7.22. The standard InChI is InChI=1S/C22H21N3O3S/c1-14-8-9-15(2)21-20(14)23-22(29-21)25(12-16-6-4-3-5-7-16)19(28)13-24-17(26)10-11-18(24)27/h3-9H,10-13H2,1-2H3. The number of fused-ring (bicyclic) bond motifs is 1. The molecule has 0 atom stereocenters. The van der Waals surface area contributed by atoms with E-state index in [-0.39, 0.29) is 37.1 Å². The molecular formula is C22H21N3O3S. The molecule has 1 aliphatic rings. The van der Waals surface area contributed by atoms with Crippen molar-refractivity contribution in [1.29, 1.82) is 0 Å². The molecule has 3 amide bonds. The zero-order chi connectivity index (χ0) is 20.5. The predicted octanol–water partition coefficient (Wildman–Crippen LogP) is 3.60. The van der Waals surface area contributed by atoms with E-state index in [0.717, 1.165) is 31.8 Å². The van der Waals surface area contributed by atoms with E-state index in [0.29, 0.717) is 11.7 Å². The van der Waals surface area contributed by atoms with Gasteiger partial charge in [0, 0.05) is 12.8 Å². The number of aromatic nitrogens is 1. The van der Waals surface area contributed by atoms with Crippen molar-refractivity contribution in [2.24, 2.45) is 0 Å². The summed E-state index contributed by atoms with van der Waals surface area (Å²) in [5, 5.41) is 0.574. The van der Waals surface area contributed by atoms with Crippen molar-refractivity contribution in [2.75, 3.05) is 11.4 Å². The quantitative estimate of drug-likeness (QED) is 0.606. The van der Waals surface area contributed by atoms with Crippen LogP contribution in [-0.2, 0) is 20.9 Å². The van der Waals surface area contributed by atoms with Crippen LogP contribution in [0, 0.1) is 13.8 Å². The van der Waals surface area contributed by atoms with Crippen LogP contribution in [-0.4, -0.2) is 34.2 Å². The third-order valence-corrected chi connectivity index (χ3v) is 6.31. The first-order valence-corrected chi connectivity index (χ1v) is 10.3. The van der Waals surface area contributed by atoms with Gasteiger partial charge >= 0.3 is 0 Å². The van der Waals surface area contributed by atoms with Gasteiger partial charge in [0.05, 0.1) is 16.8 Å². The van der Waals surface area contributed by atoms with E-state index >= 15 is 0 Å². The van der Waals surface area contributed by atoms with Crippen LogP contribution in [0.3, 0.4) is 0 Å². The lowest BCUT2D eigenvalue weighted by molar-refractivity contribution is -0.141. The van der Waals surface area contributed by atoms with Crippen LogP contribution in [0.1, 0.15) is 29.5 Å². The maximum Gasteiger partial charge on any atom is 0.249 e. The third-order valence-electron chi connectivity index (χ3n) is 5.09. The van der Waals surface area contributed by atoms with Crippen molar-refractivity contribution >= 4 is 44.4 Å². The number of hydrogen-bond acceptors (Lipinski definition) is 5. The molecule has 3 aromatic rings. The maximum atomic E-state index is 13.2. The molecule has 7 heteroatoms. The van der Waals surface area contributed by atoms with Gasteiger partial charge in [-0.25, -0.2) is 4.98 Å². The minimum absolute atomic E-state index is 0.171. The highest BCUT2D eigenvalue weighted by atomic mass is 32.1. The predicted molar refractivity (Wildman–Crippen MR) is 113 cm³/mol. The lowest BCUT2D eigenvalue weighted by atomic mass is 10.1. The highest BCUT2D eigenvalue weighted by Gasteiger charge is 2.33. The second-order valence-electron chi connectivity index (χ2n) is 7.21. The molecule has 0 bridgehead atoms. The zero-order valence-electron chi connectivity index (χ0n) is 16.3. The van der Waals surface area contributed by atoms with Crippen molar-refractivity contribution < 1.29 is 14.4 Å². The van der Waals surface area contributed by atoms with Gasteiger partial charge in [-0.2, -0.15) is 0 Å². The Morgan fingerprint density at radius 2 is 1.69 bits per heavy atom. The fourth-order valence-corrected chi connectivity index (χ4v) is 4.54. The lowest BCUT2D eigenvalue weighted by Crippen LogP contribution is -2.42. The number of thiazole rings is 1. The monoisotopic (exact) mass is 407 g/mol.